The van der Waals surface area contributed by atoms with Crippen LogP contribution in [0.1, 0.15) is 37.2 Å². The number of hydrogen-bond donors (Lipinski definition) is 1. The zero-order valence-corrected chi connectivity index (χ0v) is 25.9. The number of carbonyl (C=O) groups is 1. The molecule has 2 saturated heterocycles. The molecule has 0 unspecified atom stereocenters. The van der Waals surface area contributed by atoms with E-state index in [-0.39, 0.29) is 12.0 Å². The number of nitrogens with one attached hydrogen (secondary N) is 1. The molecule has 1 amide bonds. The van der Waals surface area contributed by atoms with Crippen molar-refractivity contribution in [1.82, 2.24) is 19.7 Å². The molecule has 0 bridgehead atoms. The first-order chi connectivity index (χ1) is 20.7. The van der Waals surface area contributed by atoms with Crippen LogP contribution in [0.3, 0.4) is 0 Å². The minimum absolute atomic E-state index is 0.0763. The van der Waals surface area contributed by atoms with Gasteiger partial charge in [-0.3, -0.25) is 4.79 Å². The number of aromatic nitrogens is 1. The fourth-order valence-electron chi connectivity index (χ4n) is 5.74. The van der Waals surface area contributed by atoms with E-state index < -0.39 is 5.79 Å². The molecule has 2 aliphatic rings. The Kier molecular flexibility index (Phi) is 10.1. The molecule has 0 spiro atoms. The average Bonchev–Trinajstić information content (AvgIpc) is 3.55. The fourth-order valence-corrected chi connectivity index (χ4v) is 5.87. The summed E-state index contributed by atoms with van der Waals surface area (Å²) in [5, 5.41) is 7.65. The third kappa shape index (κ3) is 7.97. The van der Waals surface area contributed by atoms with Crippen molar-refractivity contribution in [3.8, 4) is 22.3 Å². The van der Waals surface area contributed by atoms with Crippen molar-refractivity contribution in [2.24, 2.45) is 5.11 Å². The van der Waals surface area contributed by atoms with E-state index in [1.54, 1.807) is 6.07 Å². The van der Waals surface area contributed by atoms with Gasteiger partial charge in [-0.05, 0) is 75.1 Å². The fraction of sp³-hybridized carbons (Fsp3) is 0.469. The second-order valence-electron chi connectivity index (χ2n) is 11.7. The average molecular weight is 606 g/mol. The maximum atomic E-state index is 14.1. The molecule has 11 heteroatoms. The third-order valence-corrected chi connectivity index (χ3v) is 8.29. The summed E-state index contributed by atoms with van der Waals surface area (Å²) >= 11 is 6.23. The van der Waals surface area contributed by atoms with E-state index in [1.807, 2.05) is 67.1 Å². The minimum Gasteiger partial charge on any atom is -0.351 e. The number of hydrogen-bond acceptors (Lipinski definition) is 6. The highest BCUT2D eigenvalue weighted by Gasteiger charge is 2.33. The van der Waals surface area contributed by atoms with E-state index >= 15 is 0 Å². The Hall–Kier alpha value is -3.37. The normalized spacial score (nSPS) is 18.8. The van der Waals surface area contributed by atoms with Crippen LogP contribution in [0.25, 0.3) is 32.7 Å². The number of halogens is 1. The highest BCUT2D eigenvalue weighted by Crippen LogP contribution is 2.39. The molecule has 0 radical (unpaired) electrons. The SMILES string of the molecule is CN1CCN(CCCNC(=O)c2c(-c3cccc(N=[N+]=[N-])c3)c(-c3ccc(Cl)cc3)cn2CC[C@H]2COC(C)(C)O2)CC1. The van der Waals surface area contributed by atoms with Gasteiger partial charge in [0.2, 0.25) is 0 Å². The molecule has 3 aromatic rings. The van der Waals surface area contributed by atoms with Gasteiger partial charge in [-0.2, -0.15) is 0 Å². The monoisotopic (exact) mass is 605 g/mol. The second-order valence-corrected chi connectivity index (χ2v) is 12.1. The summed E-state index contributed by atoms with van der Waals surface area (Å²) in [7, 11) is 2.15. The number of ether oxygens (including phenoxy) is 2. The van der Waals surface area contributed by atoms with Crippen molar-refractivity contribution in [2.75, 3.05) is 52.9 Å². The van der Waals surface area contributed by atoms with Gasteiger partial charge in [-0.25, -0.2) is 0 Å². The number of piperazine rings is 1. The molecule has 0 saturated carbocycles. The molecule has 1 aromatic heterocycles. The molecule has 2 fully saturated rings. The van der Waals surface area contributed by atoms with Crippen molar-refractivity contribution < 1.29 is 14.3 Å². The van der Waals surface area contributed by atoms with E-state index in [1.165, 1.54) is 0 Å². The number of aryl methyl sites for hydroxylation is 1. The van der Waals surface area contributed by atoms with Crippen molar-refractivity contribution >= 4 is 23.2 Å². The molecule has 10 nitrogen and oxygen atoms in total. The lowest BCUT2D eigenvalue weighted by molar-refractivity contribution is -0.139. The van der Waals surface area contributed by atoms with Gasteiger partial charge < -0.3 is 29.2 Å². The summed E-state index contributed by atoms with van der Waals surface area (Å²) in [4.78, 5) is 21.8. The van der Waals surface area contributed by atoms with Crippen LogP contribution < -0.4 is 5.32 Å². The Balaban J connectivity index is 1.47. The minimum atomic E-state index is -0.618. The Bertz CT molecular complexity index is 1460. The van der Waals surface area contributed by atoms with Gasteiger partial charge in [0.1, 0.15) is 5.69 Å². The van der Waals surface area contributed by atoms with Gasteiger partial charge >= 0.3 is 0 Å². The third-order valence-electron chi connectivity index (χ3n) is 8.04. The summed E-state index contributed by atoms with van der Waals surface area (Å²) in [5.41, 5.74) is 13.5. The molecule has 5 rings (SSSR count). The number of nitrogens with zero attached hydrogens (tertiary/aromatic N) is 6. The zero-order chi connectivity index (χ0) is 30.4. The van der Waals surface area contributed by atoms with E-state index in [0.717, 1.165) is 61.4 Å². The maximum absolute atomic E-state index is 14.1. The largest absolute Gasteiger partial charge is 0.351 e. The van der Waals surface area contributed by atoms with Crippen LogP contribution in [0.4, 0.5) is 5.69 Å². The van der Waals surface area contributed by atoms with Crippen LogP contribution in [0.5, 0.6) is 0 Å². The first kappa shape index (κ1) is 31.1. The van der Waals surface area contributed by atoms with Crippen molar-refractivity contribution in [3.05, 3.63) is 75.9 Å². The number of likely N-dealkylation sites (N-methyl/N-ethyl adjacent to an activating group) is 1. The molecule has 2 aliphatic heterocycles. The molecule has 3 heterocycles. The summed E-state index contributed by atoms with van der Waals surface area (Å²) in [6, 6.07) is 14.9. The Morgan fingerprint density at radius 1 is 1.12 bits per heavy atom. The first-order valence-electron chi connectivity index (χ1n) is 14.9. The number of rotatable bonds is 11. The summed E-state index contributed by atoms with van der Waals surface area (Å²) < 4.78 is 13.9. The smallest absolute Gasteiger partial charge is 0.268 e. The predicted molar refractivity (Wildman–Crippen MR) is 170 cm³/mol. The van der Waals surface area contributed by atoms with Gasteiger partial charge in [-0.1, -0.05) is 47.0 Å². The lowest BCUT2D eigenvalue weighted by Crippen LogP contribution is -2.45. The molecule has 228 valence electrons. The highest BCUT2D eigenvalue weighted by atomic mass is 35.5. The lowest BCUT2D eigenvalue weighted by Gasteiger charge is -2.32. The van der Waals surface area contributed by atoms with Crippen LogP contribution >= 0.6 is 11.6 Å². The topological polar surface area (TPSA) is 108 Å². The van der Waals surface area contributed by atoms with E-state index in [0.29, 0.717) is 42.5 Å². The lowest BCUT2D eigenvalue weighted by atomic mass is 9.96. The molecule has 2 aromatic carbocycles. The molecule has 43 heavy (non-hydrogen) atoms. The van der Waals surface area contributed by atoms with Crippen LogP contribution in [0.15, 0.2) is 59.8 Å². The van der Waals surface area contributed by atoms with Crippen LogP contribution in [0, 0.1) is 0 Å². The van der Waals surface area contributed by atoms with Crippen molar-refractivity contribution in [1.29, 1.82) is 0 Å². The number of azide groups is 1. The first-order valence-corrected chi connectivity index (χ1v) is 15.3. The van der Waals surface area contributed by atoms with Crippen LogP contribution in [-0.4, -0.2) is 85.1 Å². The van der Waals surface area contributed by atoms with Gasteiger partial charge in [0, 0.05) is 72.2 Å². The Morgan fingerprint density at radius 2 is 1.88 bits per heavy atom. The van der Waals surface area contributed by atoms with E-state index in [2.05, 4.69) is 32.2 Å². The van der Waals surface area contributed by atoms with Crippen LogP contribution in [-0.2, 0) is 16.0 Å². The van der Waals surface area contributed by atoms with Crippen LogP contribution in [0.2, 0.25) is 5.02 Å². The Labute approximate surface area is 258 Å². The van der Waals surface area contributed by atoms with E-state index in [4.69, 9.17) is 26.6 Å². The second kappa shape index (κ2) is 13.9. The van der Waals surface area contributed by atoms with Gasteiger partial charge in [-0.15, -0.1) is 0 Å². The maximum Gasteiger partial charge on any atom is 0.268 e. The molecule has 1 atom stereocenters. The highest BCUT2D eigenvalue weighted by molar-refractivity contribution is 6.30. The molecule has 1 N–H and O–H groups in total. The van der Waals surface area contributed by atoms with Gasteiger partial charge in [0.05, 0.1) is 12.7 Å². The quantitative estimate of drug-likeness (QED) is 0.119. The zero-order valence-electron chi connectivity index (χ0n) is 25.1. The molecule has 0 aliphatic carbocycles. The molecular weight excluding hydrogens is 566 g/mol. The molecular formula is C32H40ClN7O3. The summed E-state index contributed by atoms with van der Waals surface area (Å²) in [6.45, 7) is 10.6. The number of amides is 1. The van der Waals surface area contributed by atoms with Crippen molar-refractivity contribution in [2.45, 2.75) is 45.1 Å². The van der Waals surface area contributed by atoms with Crippen molar-refractivity contribution in [3.63, 3.8) is 0 Å². The summed E-state index contributed by atoms with van der Waals surface area (Å²) in [6.07, 6.45) is 3.50. The van der Waals surface area contributed by atoms with Gasteiger partial charge in [0.15, 0.2) is 5.79 Å². The summed E-state index contributed by atoms with van der Waals surface area (Å²) in [5.74, 6) is -0.765. The predicted octanol–water partition coefficient (Wildman–Crippen LogP) is 6.33. The van der Waals surface area contributed by atoms with E-state index in [9.17, 15) is 4.79 Å². The number of carbonyl (C=O) groups excluding carboxylic acids is 1. The number of benzene rings is 2. The Morgan fingerprint density at radius 3 is 2.58 bits per heavy atom. The standard InChI is InChI=1S/C32H40ClN7O3/c1-32(2)42-22-27(43-32)12-15-40-21-28(23-8-10-25(33)11-9-23)29(24-6-4-7-26(20-24)36-37-34)30(40)31(41)35-13-5-14-39-18-16-38(3)17-19-39/h4,6-11,20-21,27H,5,12-19,22H2,1-3H3,(H,35,41)/t27-/m0/s1. The van der Waals surface area contributed by atoms with Gasteiger partial charge in [0.25, 0.3) is 5.91 Å².